The summed E-state index contributed by atoms with van der Waals surface area (Å²) in [6.45, 7) is 2.99. The average Bonchev–Trinajstić information content (AvgIpc) is 3.38. The van der Waals surface area contributed by atoms with Crippen LogP contribution in [-0.4, -0.2) is 41.7 Å². The maximum atomic E-state index is 11.8. The summed E-state index contributed by atoms with van der Waals surface area (Å²) >= 11 is 1.72. The van der Waals surface area contributed by atoms with Crippen LogP contribution in [0.1, 0.15) is 36.2 Å². The zero-order valence-corrected chi connectivity index (χ0v) is 16.8. The van der Waals surface area contributed by atoms with E-state index in [9.17, 15) is 4.79 Å². The van der Waals surface area contributed by atoms with Gasteiger partial charge in [0.2, 0.25) is 5.91 Å². The van der Waals surface area contributed by atoms with Gasteiger partial charge in [-0.05, 0) is 23.6 Å². The second kappa shape index (κ2) is 6.53. The fraction of sp³-hybridized carbons (Fsp3) is 0.381. The summed E-state index contributed by atoms with van der Waals surface area (Å²) in [4.78, 5) is 14.9. The second-order valence-corrected chi connectivity index (χ2v) is 8.36. The molecule has 146 valence electrons. The number of methoxy groups -OCH3 is 1. The highest BCUT2D eigenvalue weighted by molar-refractivity contribution is 7.11. The van der Waals surface area contributed by atoms with Crippen LogP contribution in [0.15, 0.2) is 41.8 Å². The van der Waals surface area contributed by atoms with Crippen LogP contribution in [0.25, 0.3) is 5.70 Å². The van der Waals surface area contributed by atoms with Gasteiger partial charge in [0.1, 0.15) is 0 Å². The number of carbonyl (C=O) groups is 1. The molecule has 3 aliphatic heterocycles. The second-order valence-electron chi connectivity index (χ2n) is 7.42. The van der Waals surface area contributed by atoms with Gasteiger partial charge in [-0.1, -0.05) is 18.2 Å². The van der Waals surface area contributed by atoms with Crippen molar-refractivity contribution in [2.24, 2.45) is 0 Å². The first kappa shape index (κ1) is 17.6. The number of carbonyl (C=O) groups excluding carboxylic acids is 1. The monoisotopic (exact) mass is 397 g/mol. The number of hydrogen-bond acceptors (Lipinski definition) is 6. The number of ether oxygens (including phenoxy) is 2. The van der Waals surface area contributed by atoms with E-state index in [1.807, 2.05) is 17.0 Å². The van der Waals surface area contributed by atoms with Crippen molar-refractivity contribution in [3.8, 4) is 11.5 Å². The number of nitrogens with one attached hydrogen (secondary N) is 1. The van der Waals surface area contributed by atoms with Gasteiger partial charge in [0.25, 0.3) is 0 Å². The molecule has 6 nitrogen and oxygen atoms in total. The van der Waals surface area contributed by atoms with Crippen molar-refractivity contribution < 1.29 is 14.3 Å². The SMILES string of the molecule is COc1cccc2c1OC1(CCN(C(C)=O)CC1)N1NC(c3cccs3)=C[C@@H]21. The molecule has 0 saturated carbocycles. The Balaban J connectivity index is 1.57. The average molecular weight is 398 g/mol. The lowest BCUT2D eigenvalue weighted by molar-refractivity contribution is -0.165. The number of likely N-dealkylation sites (tertiary alicyclic amines) is 1. The molecule has 1 fully saturated rings. The topological polar surface area (TPSA) is 54.0 Å². The lowest BCUT2D eigenvalue weighted by Crippen LogP contribution is -2.64. The van der Waals surface area contributed by atoms with E-state index >= 15 is 0 Å². The third kappa shape index (κ3) is 2.61. The van der Waals surface area contributed by atoms with Crippen molar-refractivity contribution in [2.75, 3.05) is 20.2 Å². The summed E-state index contributed by atoms with van der Waals surface area (Å²) in [5.74, 6) is 1.68. The first-order valence-electron chi connectivity index (χ1n) is 9.54. The van der Waals surface area contributed by atoms with Crippen molar-refractivity contribution in [1.82, 2.24) is 15.3 Å². The van der Waals surface area contributed by atoms with E-state index in [0.717, 1.165) is 35.6 Å². The van der Waals surface area contributed by atoms with Crippen molar-refractivity contribution in [1.29, 1.82) is 0 Å². The number of amides is 1. The van der Waals surface area contributed by atoms with Crippen LogP contribution in [0, 0.1) is 0 Å². The molecule has 7 heteroatoms. The Bertz CT molecular complexity index is 932. The fourth-order valence-electron chi connectivity index (χ4n) is 4.41. The summed E-state index contributed by atoms with van der Waals surface area (Å²) in [5.41, 5.74) is 5.29. The van der Waals surface area contributed by atoms with Gasteiger partial charge in [0.05, 0.1) is 23.7 Å². The van der Waals surface area contributed by atoms with E-state index in [1.165, 1.54) is 4.88 Å². The molecule has 0 unspecified atom stereocenters. The van der Waals surface area contributed by atoms with Crippen LogP contribution >= 0.6 is 11.3 Å². The first-order valence-corrected chi connectivity index (χ1v) is 10.4. The van der Waals surface area contributed by atoms with Crippen molar-refractivity contribution in [2.45, 2.75) is 31.5 Å². The number of hydrogen-bond donors (Lipinski definition) is 1. The van der Waals surface area contributed by atoms with Gasteiger partial charge in [-0.2, -0.15) is 5.01 Å². The summed E-state index contributed by atoms with van der Waals surface area (Å²) in [7, 11) is 1.68. The van der Waals surface area contributed by atoms with Crippen LogP contribution in [0.5, 0.6) is 11.5 Å². The predicted molar refractivity (Wildman–Crippen MR) is 108 cm³/mol. The van der Waals surface area contributed by atoms with Crippen LogP contribution in [-0.2, 0) is 4.79 Å². The number of benzene rings is 1. The molecular weight excluding hydrogens is 374 g/mol. The van der Waals surface area contributed by atoms with Crippen molar-refractivity contribution in [3.63, 3.8) is 0 Å². The van der Waals surface area contributed by atoms with E-state index in [1.54, 1.807) is 25.4 Å². The zero-order chi connectivity index (χ0) is 19.3. The van der Waals surface area contributed by atoms with E-state index in [0.29, 0.717) is 13.1 Å². The van der Waals surface area contributed by atoms with Gasteiger partial charge in [-0.3, -0.25) is 4.79 Å². The Morgan fingerprint density at radius 2 is 2.11 bits per heavy atom. The Hall–Kier alpha value is -2.51. The molecule has 1 atom stereocenters. The molecule has 0 aliphatic carbocycles. The van der Waals surface area contributed by atoms with Crippen LogP contribution < -0.4 is 14.9 Å². The van der Waals surface area contributed by atoms with Gasteiger partial charge >= 0.3 is 0 Å². The Kier molecular flexibility index (Phi) is 4.10. The van der Waals surface area contributed by atoms with Crippen LogP contribution in [0.4, 0.5) is 0 Å². The van der Waals surface area contributed by atoms with E-state index in [4.69, 9.17) is 9.47 Å². The number of nitrogens with zero attached hydrogens (tertiary/aromatic N) is 2. The summed E-state index contributed by atoms with van der Waals surface area (Å²) < 4.78 is 12.3. The molecule has 28 heavy (non-hydrogen) atoms. The predicted octanol–water partition coefficient (Wildman–Crippen LogP) is 3.39. The molecule has 0 radical (unpaired) electrons. The number of hydrazine groups is 1. The summed E-state index contributed by atoms with van der Waals surface area (Å²) in [6, 6.07) is 10.3. The third-order valence-electron chi connectivity index (χ3n) is 5.90. The number of para-hydroxylation sites is 1. The molecule has 1 spiro atoms. The standard InChI is InChI=1S/C21H23N3O3S/c1-14(25)23-10-8-21(9-11-23)24-17(13-16(22-24)19-7-4-12-28-19)15-5-3-6-18(26-2)20(15)27-21/h3-7,12-13,17,22H,8-11H2,1-2H3/t17-/m0/s1. The normalized spacial score (nSPS) is 22.7. The highest BCUT2D eigenvalue weighted by Crippen LogP contribution is 2.51. The lowest BCUT2D eigenvalue weighted by Gasteiger charge is -2.51. The van der Waals surface area contributed by atoms with Gasteiger partial charge in [-0.15, -0.1) is 11.3 Å². The first-order chi connectivity index (χ1) is 13.6. The molecule has 3 aliphatic rings. The molecular formula is C21H23N3O3S. The zero-order valence-electron chi connectivity index (χ0n) is 16.0. The molecule has 5 rings (SSSR count). The van der Waals surface area contributed by atoms with Gasteiger partial charge in [-0.25, -0.2) is 0 Å². The highest BCUT2D eigenvalue weighted by Gasteiger charge is 2.52. The molecule has 2 aromatic rings. The molecule has 0 bridgehead atoms. The van der Waals surface area contributed by atoms with E-state index in [2.05, 4.69) is 40.1 Å². The number of thiophene rings is 1. The smallest absolute Gasteiger partial charge is 0.219 e. The molecule has 1 N–H and O–H groups in total. The van der Waals surface area contributed by atoms with Crippen LogP contribution in [0.3, 0.4) is 0 Å². The molecule has 1 aromatic carbocycles. The lowest BCUT2D eigenvalue weighted by atomic mass is 9.92. The summed E-state index contributed by atoms with van der Waals surface area (Å²) in [5, 5.41) is 4.32. The maximum Gasteiger partial charge on any atom is 0.219 e. The van der Waals surface area contributed by atoms with Crippen molar-refractivity contribution in [3.05, 3.63) is 52.2 Å². The Morgan fingerprint density at radius 1 is 1.29 bits per heavy atom. The number of piperidine rings is 1. The molecule has 1 saturated heterocycles. The maximum absolute atomic E-state index is 11.8. The van der Waals surface area contributed by atoms with Crippen molar-refractivity contribution >= 4 is 22.9 Å². The van der Waals surface area contributed by atoms with Gasteiger partial charge in [0.15, 0.2) is 17.2 Å². The number of fused-ring (bicyclic) bond motifs is 4. The molecule has 1 aromatic heterocycles. The molecule has 1 amide bonds. The largest absolute Gasteiger partial charge is 0.493 e. The minimum Gasteiger partial charge on any atom is -0.493 e. The quantitative estimate of drug-likeness (QED) is 0.842. The fourth-order valence-corrected chi connectivity index (χ4v) is 5.11. The Morgan fingerprint density at radius 3 is 2.79 bits per heavy atom. The van der Waals surface area contributed by atoms with E-state index < -0.39 is 5.72 Å². The number of rotatable bonds is 2. The minimum absolute atomic E-state index is 0.0554. The third-order valence-corrected chi connectivity index (χ3v) is 6.80. The van der Waals surface area contributed by atoms with E-state index in [-0.39, 0.29) is 11.9 Å². The van der Waals surface area contributed by atoms with Crippen LogP contribution in [0.2, 0.25) is 0 Å². The summed E-state index contributed by atoms with van der Waals surface area (Å²) in [6.07, 6.45) is 3.74. The highest BCUT2D eigenvalue weighted by atomic mass is 32.1. The minimum atomic E-state index is -0.520. The molecule has 4 heterocycles. The Labute approximate surface area is 168 Å². The van der Waals surface area contributed by atoms with Gasteiger partial charge < -0.3 is 19.8 Å². The van der Waals surface area contributed by atoms with Gasteiger partial charge in [0, 0.05) is 38.4 Å².